The van der Waals surface area contributed by atoms with Gasteiger partial charge in [0.2, 0.25) is 0 Å². The van der Waals surface area contributed by atoms with Crippen LogP contribution in [-0.4, -0.2) is 19.5 Å². The molecule has 0 saturated heterocycles. The Bertz CT molecular complexity index is 424. The van der Waals surface area contributed by atoms with Gasteiger partial charge in [0.15, 0.2) is 0 Å². The molecule has 66 valence electrons. The van der Waals surface area contributed by atoms with Crippen LogP contribution in [0.3, 0.4) is 0 Å². The Morgan fingerprint density at radius 1 is 1.31 bits per heavy atom. The van der Waals surface area contributed by atoms with Crippen LogP contribution in [0.25, 0.3) is 5.82 Å². The summed E-state index contributed by atoms with van der Waals surface area (Å²) >= 11 is 3.29. The van der Waals surface area contributed by atoms with E-state index in [1.54, 1.807) is 6.20 Å². The maximum absolute atomic E-state index is 4.12. The molecule has 2 aromatic heterocycles. The number of hydrogen-bond acceptors (Lipinski definition) is 3. The smallest absolute Gasteiger partial charge is 0.142 e. The van der Waals surface area contributed by atoms with Crippen molar-refractivity contribution in [2.24, 2.45) is 0 Å². The van der Waals surface area contributed by atoms with Crippen LogP contribution in [0.2, 0.25) is 0 Å². The second-order valence-corrected chi connectivity index (χ2v) is 3.36. The van der Waals surface area contributed by atoms with Crippen LogP contribution < -0.4 is 0 Å². The SMILES string of the molecule is Cc1nccn1-c1cc(Br)ncn1. The van der Waals surface area contributed by atoms with Gasteiger partial charge < -0.3 is 0 Å². The third kappa shape index (κ3) is 1.60. The monoisotopic (exact) mass is 238 g/mol. The summed E-state index contributed by atoms with van der Waals surface area (Å²) in [4.78, 5) is 12.2. The molecule has 0 aromatic carbocycles. The maximum atomic E-state index is 4.12. The van der Waals surface area contributed by atoms with Gasteiger partial charge in [0.1, 0.15) is 22.6 Å². The Kier molecular flexibility index (Phi) is 2.10. The van der Waals surface area contributed by atoms with Gasteiger partial charge in [-0.1, -0.05) is 0 Å². The number of imidazole rings is 1. The van der Waals surface area contributed by atoms with Crippen LogP contribution in [0.5, 0.6) is 0 Å². The number of aryl methyl sites for hydroxylation is 1. The summed E-state index contributed by atoms with van der Waals surface area (Å²) in [6, 6.07) is 1.84. The molecule has 0 spiro atoms. The zero-order valence-electron chi connectivity index (χ0n) is 6.98. The van der Waals surface area contributed by atoms with E-state index in [1.165, 1.54) is 6.33 Å². The largest absolute Gasteiger partial charge is 0.288 e. The van der Waals surface area contributed by atoms with Crippen molar-refractivity contribution in [2.45, 2.75) is 6.92 Å². The van der Waals surface area contributed by atoms with E-state index in [9.17, 15) is 0 Å². The molecule has 0 amide bonds. The second kappa shape index (κ2) is 3.26. The molecule has 0 aliphatic carbocycles. The fourth-order valence-corrected chi connectivity index (χ4v) is 1.37. The van der Waals surface area contributed by atoms with Crippen molar-refractivity contribution in [3.05, 3.63) is 35.2 Å². The highest BCUT2D eigenvalue weighted by atomic mass is 79.9. The number of hydrogen-bond donors (Lipinski definition) is 0. The minimum atomic E-state index is 0.769. The molecule has 13 heavy (non-hydrogen) atoms. The molecule has 4 nitrogen and oxygen atoms in total. The van der Waals surface area contributed by atoms with Crippen LogP contribution in [-0.2, 0) is 0 Å². The molecule has 2 aromatic rings. The van der Waals surface area contributed by atoms with Crippen LogP contribution in [0, 0.1) is 6.92 Å². The molecule has 0 unspecified atom stereocenters. The van der Waals surface area contributed by atoms with Gasteiger partial charge in [-0.2, -0.15) is 0 Å². The third-order valence-electron chi connectivity index (χ3n) is 1.69. The fourth-order valence-electron chi connectivity index (χ4n) is 1.08. The average Bonchev–Trinajstić information content (AvgIpc) is 2.51. The summed E-state index contributed by atoms with van der Waals surface area (Å²) in [5.41, 5.74) is 0. The number of nitrogens with zero attached hydrogens (tertiary/aromatic N) is 4. The molecular formula is C8H7BrN4. The first-order valence-electron chi connectivity index (χ1n) is 3.75. The Balaban J connectivity index is 2.53. The number of aromatic nitrogens is 4. The van der Waals surface area contributed by atoms with E-state index in [4.69, 9.17) is 0 Å². The van der Waals surface area contributed by atoms with Gasteiger partial charge in [0.25, 0.3) is 0 Å². The standard InChI is InChI=1S/C8H7BrN4/c1-6-10-2-3-13(6)8-4-7(9)11-5-12-8/h2-5H,1H3. The summed E-state index contributed by atoms with van der Waals surface area (Å²) in [6.45, 7) is 1.93. The zero-order valence-corrected chi connectivity index (χ0v) is 8.56. The van der Waals surface area contributed by atoms with E-state index < -0.39 is 0 Å². The number of rotatable bonds is 1. The lowest BCUT2D eigenvalue weighted by Crippen LogP contribution is -1.98. The van der Waals surface area contributed by atoms with Gasteiger partial charge in [-0.3, -0.25) is 4.57 Å². The first kappa shape index (κ1) is 8.37. The van der Waals surface area contributed by atoms with Crippen LogP contribution in [0.4, 0.5) is 0 Å². The molecule has 0 saturated carbocycles. The van der Waals surface area contributed by atoms with Crippen LogP contribution in [0.15, 0.2) is 29.4 Å². The van der Waals surface area contributed by atoms with Gasteiger partial charge in [-0.05, 0) is 22.9 Å². The van der Waals surface area contributed by atoms with Crippen molar-refractivity contribution in [2.75, 3.05) is 0 Å². The summed E-state index contributed by atoms with van der Waals surface area (Å²) in [5, 5.41) is 0. The summed E-state index contributed by atoms with van der Waals surface area (Å²) in [7, 11) is 0. The molecule has 0 fully saturated rings. The minimum Gasteiger partial charge on any atom is -0.288 e. The van der Waals surface area contributed by atoms with Crippen molar-refractivity contribution in [3.63, 3.8) is 0 Å². The molecule has 0 bridgehead atoms. The van der Waals surface area contributed by atoms with Gasteiger partial charge in [-0.25, -0.2) is 15.0 Å². The van der Waals surface area contributed by atoms with E-state index in [0.29, 0.717) is 0 Å². The zero-order chi connectivity index (χ0) is 9.26. The highest BCUT2D eigenvalue weighted by Crippen LogP contribution is 2.10. The first-order chi connectivity index (χ1) is 6.27. The van der Waals surface area contributed by atoms with Crippen molar-refractivity contribution in [1.82, 2.24) is 19.5 Å². The molecule has 5 heteroatoms. The van der Waals surface area contributed by atoms with E-state index in [2.05, 4.69) is 30.9 Å². The summed E-state index contributed by atoms with van der Waals surface area (Å²) in [5.74, 6) is 1.72. The molecule has 0 aliphatic rings. The van der Waals surface area contributed by atoms with Crippen molar-refractivity contribution < 1.29 is 0 Å². The highest BCUT2D eigenvalue weighted by Gasteiger charge is 2.01. The Morgan fingerprint density at radius 2 is 2.15 bits per heavy atom. The third-order valence-corrected chi connectivity index (χ3v) is 2.13. The van der Waals surface area contributed by atoms with E-state index >= 15 is 0 Å². The van der Waals surface area contributed by atoms with Gasteiger partial charge >= 0.3 is 0 Å². The fraction of sp³-hybridized carbons (Fsp3) is 0.125. The average molecular weight is 239 g/mol. The molecule has 0 radical (unpaired) electrons. The maximum Gasteiger partial charge on any atom is 0.142 e. The molecule has 0 atom stereocenters. The molecule has 2 heterocycles. The van der Waals surface area contributed by atoms with E-state index in [0.717, 1.165) is 16.2 Å². The Morgan fingerprint density at radius 3 is 2.77 bits per heavy atom. The van der Waals surface area contributed by atoms with Gasteiger partial charge in [-0.15, -0.1) is 0 Å². The van der Waals surface area contributed by atoms with E-state index in [1.807, 2.05) is 23.8 Å². The second-order valence-electron chi connectivity index (χ2n) is 2.54. The minimum absolute atomic E-state index is 0.769. The van der Waals surface area contributed by atoms with Crippen LogP contribution in [0.1, 0.15) is 5.82 Å². The van der Waals surface area contributed by atoms with Gasteiger partial charge in [0.05, 0.1) is 0 Å². The summed E-state index contributed by atoms with van der Waals surface area (Å²) < 4.78 is 2.66. The molecule has 0 N–H and O–H groups in total. The van der Waals surface area contributed by atoms with Crippen molar-refractivity contribution in [3.8, 4) is 5.82 Å². The molecular weight excluding hydrogens is 232 g/mol. The lowest BCUT2D eigenvalue weighted by atomic mass is 10.5. The molecule has 0 aliphatic heterocycles. The Labute approximate surface area is 83.8 Å². The lowest BCUT2D eigenvalue weighted by molar-refractivity contribution is 0.915. The molecule has 2 rings (SSSR count). The van der Waals surface area contributed by atoms with Crippen molar-refractivity contribution >= 4 is 15.9 Å². The van der Waals surface area contributed by atoms with Crippen LogP contribution >= 0.6 is 15.9 Å². The van der Waals surface area contributed by atoms with Crippen molar-refractivity contribution in [1.29, 1.82) is 0 Å². The number of halogens is 1. The summed E-state index contributed by atoms with van der Waals surface area (Å²) in [6.07, 6.45) is 5.12. The lowest BCUT2D eigenvalue weighted by Gasteiger charge is -2.02. The predicted octanol–water partition coefficient (Wildman–Crippen LogP) is 1.73. The Hall–Kier alpha value is -1.23. The quantitative estimate of drug-likeness (QED) is 0.712. The topological polar surface area (TPSA) is 43.6 Å². The predicted molar refractivity (Wildman–Crippen MR) is 51.6 cm³/mol. The van der Waals surface area contributed by atoms with Gasteiger partial charge in [0, 0.05) is 18.5 Å². The van der Waals surface area contributed by atoms with E-state index in [-0.39, 0.29) is 0 Å². The highest BCUT2D eigenvalue weighted by molar-refractivity contribution is 9.10. The normalized spacial score (nSPS) is 10.3. The first-order valence-corrected chi connectivity index (χ1v) is 4.54.